The van der Waals surface area contributed by atoms with E-state index < -0.39 is 40.7 Å². The minimum Gasteiger partial charge on any atom is -0.507 e. The molecule has 0 amide bonds. The van der Waals surface area contributed by atoms with E-state index in [1.165, 1.54) is 18.2 Å². The van der Waals surface area contributed by atoms with Gasteiger partial charge in [-0.3, -0.25) is 5.43 Å². The molecule has 0 aliphatic carbocycles. The Labute approximate surface area is 143 Å². The van der Waals surface area contributed by atoms with Crippen LogP contribution in [0.15, 0.2) is 27.8 Å². The Hall–Kier alpha value is -2.30. The van der Waals surface area contributed by atoms with E-state index >= 15 is 0 Å². The first-order chi connectivity index (χ1) is 11.5. The minimum absolute atomic E-state index is 0.0514. The number of phenols is 1. The topological polar surface area (TPSA) is 44.6 Å². The second kappa shape index (κ2) is 6.90. The molecule has 0 unspecified atom stereocenters. The lowest BCUT2D eigenvalue weighted by Crippen LogP contribution is -2.16. The molecule has 0 bridgehead atoms. The van der Waals surface area contributed by atoms with Crippen molar-refractivity contribution in [2.45, 2.75) is 6.18 Å². The highest BCUT2D eigenvalue weighted by Gasteiger charge is 2.42. The molecule has 0 saturated carbocycles. The summed E-state index contributed by atoms with van der Waals surface area (Å²) >= 11 is 3.08. The summed E-state index contributed by atoms with van der Waals surface area (Å²) < 4.78 is 92.0. The molecule has 25 heavy (non-hydrogen) atoms. The third kappa shape index (κ3) is 3.86. The van der Waals surface area contributed by atoms with E-state index in [4.69, 9.17) is 0 Å². The van der Waals surface area contributed by atoms with Gasteiger partial charge < -0.3 is 5.11 Å². The van der Waals surface area contributed by atoms with Gasteiger partial charge in [0.2, 0.25) is 0 Å². The number of hydrogen-bond donors (Lipinski definition) is 2. The zero-order chi connectivity index (χ0) is 18.9. The lowest BCUT2D eigenvalue weighted by Gasteiger charge is -2.13. The average Bonchev–Trinajstić information content (AvgIpc) is 2.51. The molecule has 11 heteroatoms. The van der Waals surface area contributed by atoms with Gasteiger partial charge in [0.1, 0.15) is 17.0 Å². The van der Waals surface area contributed by atoms with Crippen molar-refractivity contribution in [1.82, 2.24) is 0 Å². The van der Waals surface area contributed by atoms with E-state index in [2.05, 4.69) is 21.0 Å². The zero-order valence-corrected chi connectivity index (χ0v) is 13.3. The molecule has 2 aromatic rings. The maximum absolute atomic E-state index is 13.6. The van der Waals surface area contributed by atoms with Gasteiger partial charge in [-0.25, -0.2) is 17.6 Å². The van der Waals surface area contributed by atoms with Gasteiger partial charge in [-0.1, -0.05) is 15.9 Å². The van der Waals surface area contributed by atoms with Crippen molar-refractivity contribution in [3.8, 4) is 5.75 Å². The van der Waals surface area contributed by atoms with E-state index in [1.807, 2.05) is 0 Å². The maximum atomic E-state index is 13.6. The highest BCUT2D eigenvalue weighted by Crippen LogP contribution is 2.38. The lowest BCUT2D eigenvalue weighted by molar-refractivity contribution is -0.143. The fourth-order valence-corrected chi connectivity index (χ4v) is 2.15. The number of rotatable bonds is 3. The highest BCUT2D eigenvalue weighted by molar-refractivity contribution is 9.10. The van der Waals surface area contributed by atoms with Crippen LogP contribution in [0.2, 0.25) is 0 Å². The summed E-state index contributed by atoms with van der Waals surface area (Å²) in [6, 6.07) is 4.07. The molecule has 2 rings (SSSR count). The predicted octanol–water partition coefficient (Wildman–Crippen LogP) is 5.18. The molecular weight excluding hydrogens is 425 g/mol. The summed E-state index contributed by atoms with van der Waals surface area (Å²) in [6.45, 7) is 0. The molecule has 0 fully saturated rings. The standard InChI is InChI=1S/C14H6BrF7N2O/c15-6-1-2-7(25)5(3-6)4-23-24-13-11(18)9(16)8(14(20,21)22)10(17)12(13)19/h1-4,24-25H. The number of hydrogen-bond acceptors (Lipinski definition) is 3. The Morgan fingerprint density at radius 2 is 1.56 bits per heavy atom. The highest BCUT2D eigenvalue weighted by atomic mass is 79.9. The molecule has 0 saturated heterocycles. The number of hydrazone groups is 1. The summed E-state index contributed by atoms with van der Waals surface area (Å²) in [5.41, 5.74) is -2.59. The fraction of sp³-hybridized carbons (Fsp3) is 0.0714. The number of halogens is 8. The van der Waals surface area contributed by atoms with Crippen LogP contribution in [0, 0.1) is 23.3 Å². The largest absolute Gasteiger partial charge is 0.507 e. The van der Waals surface area contributed by atoms with Crippen molar-refractivity contribution in [3.63, 3.8) is 0 Å². The Morgan fingerprint density at radius 1 is 1.00 bits per heavy atom. The lowest BCUT2D eigenvalue weighted by atomic mass is 10.1. The Kier molecular flexibility index (Phi) is 5.26. The van der Waals surface area contributed by atoms with Crippen molar-refractivity contribution in [2.75, 3.05) is 5.43 Å². The van der Waals surface area contributed by atoms with Crippen molar-refractivity contribution in [3.05, 3.63) is 57.1 Å². The van der Waals surface area contributed by atoms with Crippen LogP contribution >= 0.6 is 15.9 Å². The first kappa shape index (κ1) is 19.0. The number of alkyl halides is 3. The summed E-state index contributed by atoms with van der Waals surface area (Å²) in [5, 5.41) is 12.8. The number of anilines is 1. The molecule has 0 heterocycles. The van der Waals surface area contributed by atoms with Gasteiger partial charge in [0.15, 0.2) is 23.3 Å². The molecule has 2 N–H and O–H groups in total. The van der Waals surface area contributed by atoms with E-state index in [0.29, 0.717) is 4.47 Å². The number of nitrogens with zero attached hydrogens (tertiary/aromatic N) is 1. The van der Waals surface area contributed by atoms with Crippen LogP contribution in [0.1, 0.15) is 11.1 Å². The van der Waals surface area contributed by atoms with Crippen LogP contribution in [-0.2, 0) is 6.18 Å². The smallest absolute Gasteiger partial charge is 0.422 e. The van der Waals surface area contributed by atoms with Crippen LogP contribution < -0.4 is 5.43 Å². The molecule has 0 atom stereocenters. The molecule has 3 nitrogen and oxygen atoms in total. The number of phenolic OH excluding ortho intramolecular Hbond substituents is 1. The van der Waals surface area contributed by atoms with Gasteiger partial charge in [-0.2, -0.15) is 18.3 Å². The molecule has 2 aromatic carbocycles. The molecule has 0 radical (unpaired) electrons. The third-order valence-corrected chi connectivity index (χ3v) is 3.41. The molecule has 134 valence electrons. The fourth-order valence-electron chi connectivity index (χ4n) is 1.77. The predicted molar refractivity (Wildman–Crippen MR) is 78.3 cm³/mol. The summed E-state index contributed by atoms with van der Waals surface area (Å²) in [5.74, 6) is -10.1. The quantitative estimate of drug-likeness (QED) is 0.305. The summed E-state index contributed by atoms with van der Waals surface area (Å²) in [6.07, 6.45) is -4.79. The van der Waals surface area contributed by atoms with Gasteiger partial charge in [0.05, 0.1) is 6.21 Å². The van der Waals surface area contributed by atoms with E-state index in [9.17, 15) is 35.8 Å². The summed E-state index contributed by atoms with van der Waals surface area (Å²) in [7, 11) is 0. The average molecular weight is 431 g/mol. The van der Waals surface area contributed by atoms with Crippen LogP contribution in [-0.4, -0.2) is 11.3 Å². The van der Waals surface area contributed by atoms with E-state index in [-0.39, 0.29) is 11.3 Å². The van der Waals surface area contributed by atoms with Crippen molar-refractivity contribution in [1.29, 1.82) is 0 Å². The Balaban J connectivity index is 2.41. The molecule has 0 aromatic heterocycles. The minimum atomic E-state index is -5.63. The van der Waals surface area contributed by atoms with Gasteiger partial charge in [0, 0.05) is 10.0 Å². The molecule has 0 spiro atoms. The van der Waals surface area contributed by atoms with Gasteiger partial charge >= 0.3 is 6.18 Å². The van der Waals surface area contributed by atoms with Crippen LogP contribution in [0.25, 0.3) is 0 Å². The monoisotopic (exact) mass is 430 g/mol. The maximum Gasteiger partial charge on any atom is 0.422 e. The number of aromatic hydroxyl groups is 1. The van der Waals surface area contributed by atoms with Crippen LogP contribution in [0.3, 0.4) is 0 Å². The van der Waals surface area contributed by atoms with Gasteiger partial charge in [-0.05, 0) is 18.2 Å². The van der Waals surface area contributed by atoms with Gasteiger partial charge in [0.25, 0.3) is 0 Å². The molecule has 0 aliphatic heterocycles. The first-order valence-electron chi connectivity index (χ1n) is 6.24. The van der Waals surface area contributed by atoms with Crippen molar-refractivity contribution in [2.24, 2.45) is 5.10 Å². The van der Waals surface area contributed by atoms with Crippen LogP contribution in [0.4, 0.5) is 36.4 Å². The van der Waals surface area contributed by atoms with E-state index in [1.54, 1.807) is 5.43 Å². The summed E-state index contributed by atoms with van der Waals surface area (Å²) in [4.78, 5) is 0. The molecule has 0 aliphatic rings. The first-order valence-corrected chi connectivity index (χ1v) is 7.04. The van der Waals surface area contributed by atoms with Crippen molar-refractivity contribution >= 4 is 27.8 Å². The second-order valence-electron chi connectivity index (χ2n) is 4.58. The van der Waals surface area contributed by atoms with Gasteiger partial charge in [-0.15, -0.1) is 0 Å². The van der Waals surface area contributed by atoms with Crippen molar-refractivity contribution < 1.29 is 35.8 Å². The third-order valence-electron chi connectivity index (χ3n) is 2.92. The van der Waals surface area contributed by atoms with Crippen LogP contribution in [0.5, 0.6) is 5.75 Å². The second-order valence-corrected chi connectivity index (χ2v) is 5.49. The SMILES string of the molecule is Oc1ccc(Br)cc1C=NNc1c(F)c(F)c(C(F)(F)F)c(F)c1F. The van der Waals surface area contributed by atoms with E-state index in [0.717, 1.165) is 6.21 Å². The molecular formula is C14H6BrF7N2O. The zero-order valence-electron chi connectivity index (χ0n) is 11.7. The number of benzene rings is 2. The Morgan fingerprint density at radius 3 is 2.08 bits per heavy atom. The normalized spacial score (nSPS) is 12.0. The number of nitrogens with one attached hydrogen (secondary N) is 1. The Bertz CT molecular complexity index is 823.